The van der Waals surface area contributed by atoms with Crippen molar-refractivity contribution in [2.75, 3.05) is 26.3 Å². The van der Waals surface area contributed by atoms with Gasteiger partial charge in [0.15, 0.2) is 0 Å². The minimum Gasteiger partial charge on any atom is -0.381 e. The molecule has 1 aromatic heterocycles. The molecule has 1 fully saturated rings. The quantitative estimate of drug-likeness (QED) is 0.942. The Kier molecular flexibility index (Phi) is 4.21. The van der Waals surface area contributed by atoms with Gasteiger partial charge in [0, 0.05) is 47.8 Å². The van der Waals surface area contributed by atoms with Crippen molar-refractivity contribution in [3.8, 4) is 0 Å². The highest BCUT2D eigenvalue weighted by atomic mass is 16.5. The van der Waals surface area contributed by atoms with Gasteiger partial charge in [0.2, 0.25) is 0 Å². The summed E-state index contributed by atoms with van der Waals surface area (Å²) < 4.78 is 5.42. The summed E-state index contributed by atoms with van der Waals surface area (Å²) in [5.74, 6) is 0.596. The van der Waals surface area contributed by atoms with Gasteiger partial charge >= 0.3 is 0 Å². The fraction of sp³-hybridized carbons (Fsp3) is 0.500. The molecule has 1 aliphatic heterocycles. The summed E-state index contributed by atoms with van der Waals surface area (Å²) in [4.78, 5) is 18.1. The van der Waals surface area contributed by atoms with E-state index in [4.69, 9.17) is 4.74 Å². The van der Waals surface area contributed by atoms with Crippen LogP contribution in [0.1, 0.15) is 35.0 Å². The van der Waals surface area contributed by atoms with E-state index in [9.17, 15) is 4.79 Å². The molecule has 4 nitrogen and oxygen atoms in total. The van der Waals surface area contributed by atoms with Gasteiger partial charge in [-0.15, -0.1) is 0 Å². The summed E-state index contributed by atoms with van der Waals surface area (Å²) in [6, 6.07) is 5.95. The van der Waals surface area contributed by atoms with Crippen molar-refractivity contribution in [2.24, 2.45) is 5.92 Å². The van der Waals surface area contributed by atoms with Crippen molar-refractivity contribution in [3.05, 3.63) is 35.0 Å². The molecule has 0 spiro atoms. The third-order valence-corrected chi connectivity index (χ3v) is 4.73. The van der Waals surface area contributed by atoms with E-state index in [0.29, 0.717) is 5.92 Å². The molecule has 1 saturated heterocycles. The smallest absolute Gasteiger partial charge is 0.253 e. The van der Waals surface area contributed by atoms with Gasteiger partial charge in [-0.25, -0.2) is 0 Å². The maximum atomic E-state index is 12.8. The van der Waals surface area contributed by atoms with Gasteiger partial charge in [0.25, 0.3) is 5.91 Å². The van der Waals surface area contributed by atoms with Crippen LogP contribution < -0.4 is 0 Å². The lowest BCUT2D eigenvalue weighted by Crippen LogP contribution is -2.35. The molecule has 2 heterocycles. The minimum atomic E-state index is 0.120. The largest absolute Gasteiger partial charge is 0.381 e. The number of amides is 1. The molecule has 1 amide bonds. The van der Waals surface area contributed by atoms with Crippen molar-refractivity contribution in [3.63, 3.8) is 0 Å². The van der Waals surface area contributed by atoms with E-state index in [1.54, 1.807) is 0 Å². The molecule has 22 heavy (non-hydrogen) atoms. The number of nitrogens with one attached hydrogen (secondary N) is 1. The zero-order valence-electron chi connectivity index (χ0n) is 13.6. The number of hydrogen-bond acceptors (Lipinski definition) is 2. The number of ether oxygens (including phenoxy) is 1. The molecule has 0 bridgehead atoms. The Bertz CT molecular complexity index is 684. The Morgan fingerprint density at radius 3 is 2.91 bits per heavy atom. The SMILES string of the molecule is CCN(C[C@@H]1CCOC1)C(=O)c1ccc2[nH]c(C)c(C)c2c1. The standard InChI is InChI=1S/C18H24N2O2/c1-4-20(10-14-7-8-22-11-14)18(21)15-5-6-17-16(9-15)12(2)13(3)19-17/h5-6,9,14,19H,4,7-8,10-11H2,1-3H3/t14-/m0/s1. The van der Waals surface area contributed by atoms with Crippen LogP contribution in [0.4, 0.5) is 0 Å². The fourth-order valence-corrected chi connectivity index (χ4v) is 3.17. The molecule has 0 saturated carbocycles. The molecule has 3 rings (SSSR count). The number of carbonyl (C=O) groups excluding carboxylic acids is 1. The number of aryl methyl sites for hydroxylation is 2. The molecule has 118 valence electrons. The molecule has 1 N–H and O–H groups in total. The predicted molar refractivity (Wildman–Crippen MR) is 88.3 cm³/mol. The molecule has 0 unspecified atom stereocenters. The van der Waals surface area contributed by atoms with Gasteiger partial charge < -0.3 is 14.6 Å². The van der Waals surface area contributed by atoms with Gasteiger partial charge in [0.05, 0.1) is 6.61 Å². The van der Waals surface area contributed by atoms with Crippen LogP contribution in [0.15, 0.2) is 18.2 Å². The Morgan fingerprint density at radius 1 is 1.41 bits per heavy atom. The monoisotopic (exact) mass is 300 g/mol. The van der Waals surface area contributed by atoms with Crippen molar-refractivity contribution < 1.29 is 9.53 Å². The first-order valence-electron chi connectivity index (χ1n) is 8.06. The molecule has 1 atom stereocenters. The van der Waals surface area contributed by atoms with Crippen LogP contribution in [-0.2, 0) is 4.74 Å². The second-order valence-electron chi connectivity index (χ2n) is 6.21. The van der Waals surface area contributed by atoms with Crippen LogP contribution in [-0.4, -0.2) is 42.1 Å². The maximum Gasteiger partial charge on any atom is 0.253 e. The van der Waals surface area contributed by atoms with Gasteiger partial charge in [-0.2, -0.15) is 0 Å². The lowest BCUT2D eigenvalue weighted by atomic mass is 10.1. The normalized spacial score (nSPS) is 18.0. The van der Waals surface area contributed by atoms with Crippen LogP contribution in [0.25, 0.3) is 10.9 Å². The van der Waals surface area contributed by atoms with Gasteiger partial charge in [-0.3, -0.25) is 4.79 Å². The average Bonchev–Trinajstić information content (AvgIpc) is 3.13. The molecular formula is C18H24N2O2. The Balaban J connectivity index is 1.84. The van der Waals surface area contributed by atoms with E-state index in [1.807, 2.05) is 30.0 Å². The molecule has 0 radical (unpaired) electrons. The zero-order chi connectivity index (χ0) is 15.7. The number of aromatic amines is 1. The fourth-order valence-electron chi connectivity index (χ4n) is 3.17. The highest BCUT2D eigenvalue weighted by Gasteiger charge is 2.22. The number of carbonyl (C=O) groups is 1. The number of rotatable bonds is 4. The summed E-state index contributed by atoms with van der Waals surface area (Å²) in [5, 5.41) is 1.14. The minimum absolute atomic E-state index is 0.120. The van der Waals surface area contributed by atoms with E-state index in [-0.39, 0.29) is 5.91 Å². The van der Waals surface area contributed by atoms with E-state index in [1.165, 1.54) is 5.56 Å². The molecule has 4 heteroatoms. The maximum absolute atomic E-state index is 12.8. The van der Waals surface area contributed by atoms with Gasteiger partial charge in [0.1, 0.15) is 0 Å². The van der Waals surface area contributed by atoms with E-state index < -0.39 is 0 Å². The first kappa shape index (κ1) is 15.1. The van der Waals surface area contributed by atoms with Crippen molar-refractivity contribution in [1.29, 1.82) is 0 Å². The van der Waals surface area contributed by atoms with E-state index in [2.05, 4.69) is 18.8 Å². The summed E-state index contributed by atoms with van der Waals surface area (Å²) >= 11 is 0. The average molecular weight is 300 g/mol. The Hall–Kier alpha value is -1.81. The lowest BCUT2D eigenvalue weighted by Gasteiger charge is -2.24. The summed E-state index contributed by atoms with van der Waals surface area (Å²) in [5.41, 5.74) is 4.25. The lowest BCUT2D eigenvalue weighted by molar-refractivity contribution is 0.0731. The number of aromatic nitrogens is 1. The van der Waals surface area contributed by atoms with Crippen LogP contribution in [0.2, 0.25) is 0 Å². The summed E-state index contributed by atoms with van der Waals surface area (Å²) in [6.45, 7) is 9.32. The molecule has 0 aliphatic carbocycles. The zero-order valence-corrected chi connectivity index (χ0v) is 13.6. The third-order valence-electron chi connectivity index (χ3n) is 4.73. The number of hydrogen-bond donors (Lipinski definition) is 1. The summed E-state index contributed by atoms with van der Waals surface area (Å²) in [6.07, 6.45) is 1.05. The van der Waals surface area contributed by atoms with E-state index >= 15 is 0 Å². The highest BCUT2D eigenvalue weighted by Crippen LogP contribution is 2.23. The topological polar surface area (TPSA) is 45.3 Å². The number of benzene rings is 1. The second kappa shape index (κ2) is 6.13. The molecule has 1 aliphatic rings. The highest BCUT2D eigenvalue weighted by molar-refractivity contribution is 5.99. The van der Waals surface area contributed by atoms with Gasteiger partial charge in [-0.1, -0.05) is 0 Å². The van der Waals surface area contributed by atoms with Crippen molar-refractivity contribution in [2.45, 2.75) is 27.2 Å². The number of fused-ring (bicyclic) bond motifs is 1. The van der Waals surface area contributed by atoms with Crippen molar-refractivity contribution in [1.82, 2.24) is 9.88 Å². The van der Waals surface area contributed by atoms with Crippen LogP contribution in [0, 0.1) is 19.8 Å². The van der Waals surface area contributed by atoms with Crippen LogP contribution in [0.3, 0.4) is 0 Å². The number of nitrogens with zero attached hydrogens (tertiary/aromatic N) is 1. The molecular weight excluding hydrogens is 276 g/mol. The number of H-pyrrole nitrogens is 1. The van der Waals surface area contributed by atoms with E-state index in [0.717, 1.165) is 54.9 Å². The molecule has 1 aromatic carbocycles. The van der Waals surface area contributed by atoms with Gasteiger partial charge in [-0.05, 0) is 51.0 Å². The first-order chi connectivity index (χ1) is 10.6. The third kappa shape index (κ3) is 2.75. The summed E-state index contributed by atoms with van der Waals surface area (Å²) in [7, 11) is 0. The predicted octanol–water partition coefficient (Wildman–Crippen LogP) is 3.28. The van der Waals surface area contributed by atoms with Crippen LogP contribution in [0.5, 0.6) is 0 Å². The van der Waals surface area contributed by atoms with Crippen LogP contribution >= 0.6 is 0 Å². The molecule has 2 aromatic rings. The second-order valence-corrected chi connectivity index (χ2v) is 6.21. The Labute approximate surface area is 131 Å². The van der Waals surface area contributed by atoms with Crippen molar-refractivity contribution >= 4 is 16.8 Å². The Morgan fingerprint density at radius 2 is 2.23 bits per heavy atom. The first-order valence-corrected chi connectivity index (χ1v) is 8.06.